The van der Waals surface area contributed by atoms with E-state index in [9.17, 15) is 9.65 Å². The van der Waals surface area contributed by atoms with E-state index in [0.29, 0.717) is 27.5 Å². The predicted molar refractivity (Wildman–Crippen MR) is 111 cm³/mol. The molecule has 1 aromatic carbocycles. The van der Waals surface area contributed by atoms with Crippen LogP contribution in [0.15, 0.2) is 36.7 Å². The highest BCUT2D eigenvalue weighted by Crippen LogP contribution is 2.32. The van der Waals surface area contributed by atoms with Crippen molar-refractivity contribution >= 4 is 34.8 Å². The lowest BCUT2D eigenvalue weighted by Crippen LogP contribution is -2.15. The molecule has 3 heterocycles. The van der Waals surface area contributed by atoms with Crippen LogP contribution in [0.2, 0.25) is 5.02 Å². The Morgan fingerprint density at radius 1 is 1.27 bits per heavy atom. The number of nitrogens with two attached hydrogens (primary N) is 2. The second-order valence-electron chi connectivity index (χ2n) is 6.48. The van der Waals surface area contributed by atoms with Crippen molar-refractivity contribution in [2.24, 2.45) is 0 Å². The number of nitrogens with one attached hydrogen (secondary N) is 1. The van der Waals surface area contributed by atoms with Crippen LogP contribution in [0.4, 0.5) is 22.0 Å². The van der Waals surface area contributed by atoms with Crippen LogP contribution >= 0.6 is 11.6 Å². The van der Waals surface area contributed by atoms with Gasteiger partial charge in [0, 0.05) is 17.3 Å². The maximum absolute atomic E-state index is 13.9. The number of hydrogen-bond donors (Lipinski definition) is 3. The van der Waals surface area contributed by atoms with Crippen LogP contribution in [-0.2, 0) is 0 Å². The number of hydrogen-bond acceptors (Lipinski definition) is 8. The van der Waals surface area contributed by atoms with E-state index in [4.69, 9.17) is 23.1 Å². The molecule has 0 aliphatic rings. The molecule has 4 rings (SSSR count). The Hall–Kier alpha value is -3.97. The van der Waals surface area contributed by atoms with Crippen molar-refractivity contribution in [3.05, 3.63) is 58.6 Å². The molecule has 0 aliphatic carbocycles. The third-order valence-electron chi connectivity index (χ3n) is 4.46. The van der Waals surface area contributed by atoms with Crippen molar-refractivity contribution < 1.29 is 4.39 Å². The summed E-state index contributed by atoms with van der Waals surface area (Å²) in [6, 6.07) is 7.58. The van der Waals surface area contributed by atoms with Gasteiger partial charge in [0.05, 0.1) is 17.9 Å². The van der Waals surface area contributed by atoms with Gasteiger partial charge in [-0.2, -0.15) is 20.3 Å². The van der Waals surface area contributed by atoms with E-state index in [0.717, 1.165) is 0 Å². The smallest absolute Gasteiger partial charge is 0.224 e. The van der Waals surface area contributed by atoms with Crippen LogP contribution in [-0.4, -0.2) is 24.6 Å². The van der Waals surface area contributed by atoms with Crippen molar-refractivity contribution in [3.8, 4) is 17.3 Å². The van der Waals surface area contributed by atoms with Crippen LogP contribution in [0.3, 0.4) is 0 Å². The van der Waals surface area contributed by atoms with E-state index in [2.05, 4.69) is 25.4 Å². The highest BCUT2D eigenvalue weighted by Gasteiger charge is 2.20. The number of aromatic nitrogens is 5. The summed E-state index contributed by atoms with van der Waals surface area (Å²) in [6.45, 7) is 1.83. The molecule has 4 aromatic rings. The first-order valence-electron chi connectivity index (χ1n) is 8.76. The summed E-state index contributed by atoms with van der Waals surface area (Å²) in [6.07, 6.45) is 3.20. The Morgan fingerprint density at radius 2 is 2.07 bits per heavy atom. The van der Waals surface area contributed by atoms with Gasteiger partial charge in [-0.25, -0.2) is 13.9 Å². The molecular weight excluding hydrogens is 409 g/mol. The third-order valence-corrected chi connectivity index (χ3v) is 4.73. The standard InChI is InChI=1S/C19H15ClFN9/c1-9(26-17-12(6-22)16(23)28-19(24)29-17)13-8-30-18(14(20)7-25-30)27-15(13)10-3-2-4-11(21)5-10/h2-5,7-9H,1H3,(H5,23,24,26,28,29). The summed E-state index contributed by atoms with van der Waals surface area (Å²) in [7, 11) is 0. The summed E-state index contributed by atoms with van der Waals surface area (Å²) in [5.41, 5.74) is 13.7. The lowest BCUT2D eigenvalue weighted by atomic mass is 10.0. The van der Waals surface area contributed by atoms with Gasteiger partial charge in [-0.1, -0.05) is 23.7 Å². The molecule has 0 saturated heterocycles. The Balaban J connectivity index is 1.86. The Morgan fingerprint density at radius 3 is 2.80 bits per heavy atom. The van der Waals surface area contributed by atoms with Crippen molar-refractivity contribution in [2.45, 2.75) is 13.0 Å². The van der Waals surface area contributed by atoms with Crippen molar-refractivity contribution in [1.29, 1.82) is 5.26 Å². The van der Waals surface area contributed by atoms with Gasteiger partial charge in [-0.05, 0) is 19.1 Å². The zero-order chi connectivity index (χ0) is 21.4. The topological polar surface area (TPSA) is 144 Å². The maximum atomic E-state index is 13.9. The molecule has 0 amide bonds. The minimum Gasteiger partial charge on any atom is -0.382 e. The molecule has 9 nitrogen and oxygen atoms in total. The van der Waals surface area contributed by atoms with Crippen LogP contribution < -0.4 is 16.8 Å². The predicted octanol–water partition coefficient (Wildman–Crippen LogP) is 3.19. The summed E-state index contributed by atoms with van der Waals surface area (Å²) in [5, 5.41) is 17.1. The summed E-state index contributed by atoms with van der Waals surface area (Å²) in [5.74, 6) is -0.321. The van der Waals surface area contributed by atoms with Gasteiger partial charge in [0.1, 0.15) is 28.3 Å². The Kier molecular flexibility index (Phi) is 4.81. The fourth-order valence-corrected chi connectivity index (χ4v) is 3.25. The fourth-order valence-electron chi connectivity index (χ4n) is 3.07. The zero-order valence-corrected chi connectivity index (χ0v) is 16.4. The molecule has 1 unspecified atom stereocenters. The van der Waals surface area contributed by atoms with E-state index >= 15 is 0 Å². The second-order valence-corrected chi connectivity index (χ2v) is 6.89. The Labute approximate surface area is 175 Å². The maximum Gasteiger partial charge on any atom is 0.224 e. The number of nitrogens with zero attached hydrogens (tertiary/aromatic N) is 6. The van der Waals surface area contributed by atoms with Crippen molar-refractivity contribution in [2.75, 3.05) is 16.8 Å². The van der Waals surface area contributed by atoms with Crippen LogP contribution in [0, 0.1) is 17.1 Å². The average molecular weight is 424 g/mol. The molecule has 5 N–H and O–H groups in total. The summed E-state index contributed by atoms with van der Waals surface area (Å²) in [4.78, 5) is 12.5. The highest BCUT2D eigenvalue weighted by atomic mass is 35.5. The van der Waals surface area contributed by atoms with Gasteiger partial charge in [-0.3, -0.25) is 0 Å². The van der Waals surface area contributed by atoms with E-state index in [1.807, 2.05) is 13.0 Å². The zero-order valence-electron chi connectivity index (χ0n) is 15.6. The molecule has 1 atom stereocenters. The first-order chi connectivity index (χ1) is 14.4. The quantitative estimate of drug-likeness (QED) is 0.454. The molecule has 0 spiro atoms. The molecule has 150 valence electrons. The van der Waals surface area contributed by atoms with E-state index < -0.39 is 11.9 Å². The average Bonchev–Trinajstić information content (AvgIpc) is 3.07. The minimum absolute atomic E-state index is 0.0301. The molecule has 0 bridgehead atoms. The molecule has 11 heteroatoms. The first kappa shape index (κ1) is 19.4. The van der Waals surface area contributed by atoms with Gasteiger partial charge < -0.3 is 16.8 Å². The molecule has 0 aliphatic heterocycles. The number of nitrogen functional groups attached to an aromatic ring is 2. The van der Waals surface area contributed by atoms with Gasteiger partial charge in [-0.15, -0.1) is 0 Å². The van der Waals surface area contributed by atoms with Gasteiger partial charge in [0.15, 0.2) is 11.5 Å². The van der Waals surface area contributed by atoms with Gasteiger partial charge in [0.2, 0.25) is 5.95 Å². The van der Waals surface area contributed by atoms with Crippen molar-refractivity contribution in [1.82, 2.24) is 24.6 Å². The first-order valence-corrected chi connectivity index (χ1v) is 9.14. The molecule has 3 aromatic heterocycles. The lowest BCUT2D eigenvalue weighted by Gasteiger charge is -2.19. The van der Waals surface area contributed by atoms with Crippen LogP contribution in [0.1, 0.15) is 24.1 Å². The Bertz CT molecular complexity index is 1310. The van der Waals surface area contributed by atoms with E-state index in [1.54, 1.807) is 18.3 Å². The molecule has 30 heavy (non-hydrogen) atoms. The summed E-state index contributed by atoms with van der Waals surface area (Å²) >= 11 is 6.18. The summed E-state index contributed by atoms with van der Waals surface area (Å²) < 4.78 is 15.4. The third kappa shape index (κ3) is 3.42. The number of anilines is 3. The van der Waals surface area contributed by atoms with E-state index in [1.165, 1.54) is 22.8 Å². The molecule has 0 fully saturated rings. The SMILES string of the molecule is CC(Nc1nc(N)nc(N)c1C#N)c1cn2ncc(Cl)c2nc1-c1cccc(F)c1. The minimum atomic E-state index is -0.441. The molecular formula is C19H15ClFN9. The number of nitriles is 1. The largest absolute Gasteiger partial charge is 0.382 e. The number of halogens is 2. The lowest BCUT2D eigenvalue weighted by molar-refractivity contribution is 0.628. The molecule has 0 saturated carbocycles. The van der Waals surface area contributed by atoms with Gasteiger partial charge >= 0.3 is 0 Å². The number of benzene rings is 1. The normalized spacial score (nSPS) is 11.9. The second kappa shape index (κ2) is 7.46. The van der Waals surface area contributed by atoms with Crippen LogP contribution in [0.25, 0.3) is 16.9 Å². The number of fused-ring (bicyclic) bond motifs is 1. The van der Waals surface area contributed by atoms with Gasteiger partial charge in [0.25, 0.3) is 0 Å². The fraction of sp³-hybridized carbons (Fsp3) is 0.105. The highest BCUT2D eigenvalue weighted by molar-refractivity contribution is 6.33. The van der Waals surface area contributed by atoms with Crippen molar-refractivity contribution in [3.63, 3.8) is 0 Å². The van der Waals surface area contributed by atoms with E-state index in [-0.39, 0.29) is 23.1 Å². The van der Waals surface area contributed by atoms with Crippen LogP contribution in [0.5, 0.6) is 0 Å². The monoisotopic (exact) mass is 423 g/mol. The molecule has 0 radical (unpaired) electrons. The number of rotatable bonds is 4.